The molecule has 0 unspecified atom stereocenters. The Morgan fingerprint density at radius 2 is 2.05 bits per heavy atom. The van der Waals surface area contributed by atoms with E-state index in [4.69, 9.17) is 14.2 Å². The van der Waals surface area contributed by atoms with Gasteiger partial charge < -0.3 is 19.3 Å². The monoisotopic (exact) mass is 299 g/mol. The summed E-state index contributed by atoms with van der Waals surface area (Å²) in [6.07, 6.45) is -0.155. The summed E-state index contributed by atoms with van der Waals surface area (Å²) in [4.78, 5) is 10.2. The number of ether oxygens (including phenoxy) is 3. The van der Waals surface area contributed by atoms with Crippen molar-refractivity contribution in [2.24, 2.45) is 0 Å². The first kappa shape index (κ1) is 17.4. The van der Waals surface area contributed by atoms with E-state index in [0.717, 1.165) is 0 Å². The van der Waals surface area contributed by atoms with E-state index in [1.165, 1.54) is 18.2 Å². The highest BCUT2D eigenvalue weighted by molar-refractivity contribution is 5.44. The number of hydrogen-bond donors (Lipinski definition) is 1. The molecule has 0 fully saturated rings. The van der Waals surface area contributed by atoms with Crippen LogP contribution in [0.5, 0.6) is 5.75 Å². The first-order valence-corrected chi connectivity index (χ1v) is 6.72. The number of non-ortho nitro benzene ring substituents is 1. The molecule has 0 aliphatic carbocycles. The number of hydrogen-bond acceptors (Lipinski definition) is 6. The van der Waals surface area contributed by atoms with Gasteiger partial charge in [-0.3, -0.25) is 10.1 Å². The van der Waals surface area contributed by atoms with Gasteiger partial charge in [0.25, 0.3) is 5.69 Å². The molecule has 0 spiro atoms. The molecule has 0 saturated heterocycles. The molecule has 1 aromatic rings. The van der Waals surface area contributed by atoms with Crippen LogP contribution in [0.1, 0.15) is 25.0 Å². The molecule has 7 heteroatoms. The van der Waals surface area contributed by atoms with E-state index < -0.39 is 11.0 Å². The lowest BCUT2D eigenvalue weighted by Crippen LogP contribution is -2.08. The van der Waals surface area contributed by atoms with E-state index in [2.05, 4.69) is 0 Å². The summed E-state index contributed by atoms with van der Waals surface area (Å²) in [5.41, 5.74) is 0.339. The zero-order chi connectivity index (χ0) is 15.7. The van der Waals surface area contributed by atoms with Gasteiger partial charge in [-0.2, -0.15) is 0 Å². The molecule has 1 rings (SSSR count). The highest BCUT2D eigenvalue weighted by Gasteiger charge is 2.15. The number of aliphatic hydroxyl groups excluding tert-OH is 1. The van der Waals surface area contributed by atoms with E-state index in [-0.39, 0.29) is 5.69 Å². The van der Waals surface area contributed by atoms with Crippen LogP contribution in [0.25, 0.3) is 0 Å². The Bertz CT molecular complexity index is 449. The maximum atomic E-state index is 10.7. The Kier molecular flexibility index (Phi) is 7.66. The van der Waals surface area contributed by atoms with Crippen molar-refractivity contribution in [2.45, 2.75) is 19.4 Å². The summed E-state index contributed by atoms with van der Waals surface area (Å²) in [5, 5.41) is 20.4. The molecule has 0 amide bonds. The van der Waals surface area contributed by atoms with Crippen LogP contribution in [0, 0.1) is 10.1 Å². The average molecular weight is 299 g/mol. The Hall–Kier alpha value is -1.70. The van der Waals surface area contributed by atoms with Gasteiger partial charge in [0.2, 0.25) is 0 Å². The Morgan fingerprint density at radius 3 is 2.67 bits per heavy atom. The molecular weight excluding hydrogens is 278 g/mol. The quantitative estimate of drug-likeness (QED) is 0.404. The summed E-state index contributed by atoms with van der Waals surface area (Å²) < 4.78 is 15.7. The van der Waals surface area contributed by atoms with Crippen LogP contribution in [0.15, 0.2) is 18.2 Å². The van der Waals surface area contributed by atoms with E-state index >= 15 is 0 Å². The van der Waals surface area contributed by atoms with Gasteiger partial charge in [0.1, 0.15) is 5.75 Å². The van der Waals surface area contributed by atoms with Gasteiger partial charge in [-0.15, -0.1) is 0 Å². The molecule has 118 valence electrons. The van der Waals surface area contributed by atoms with Gasteiger partial charge in [0.05, 0.1) is 30.8 Å². The van der Waals surface area contributed by atoms with Gasteiger partial charge in [-0.05, 0) is 13.0 Å². The first-order chi connectivity index (χ1) is 10.1. The maximum Gasteiger partial charge on any atom is 0.270 e. The Labute approximate surface area is 123 Å². The van der Waals surface area contributed by atoms with Crippen LogP contribution in [0.3, 0.4) is 0 Å². The second kappa shape index (κ2) is 9.28. The largest absolute Gasteiger partial charge is 0.493 e. The average Bonchev–Trinajstić information content (AvgIpc) is 2.46. The first-order valence-electron chi connectivity index (χ1n) is 6.72. The van der Waals surface area contributed by atoms with Crippen molar-refractivity contribution in [3.63, 3.8) is 0 Å². The fourth-order valence-electron chi connectivity index (χ4n) is 1.69. The highest BCUT2D eigenvalue weighted by atomic mass is 16.6. The van der Waals surface area contributed by atoms with Crippen molar-refractivity contribution in [1.29, 1.82) is 0 Å². The fourth-order valence-corrected chi connectivity index (χ4v) is 1.69. The molecule has 7 nitrogen and oxygen atoms in total. The second-order valence-corrected chi connectivity index (χ2v) is 4.46. The maximum absolute atomic E-state index is 10.7. The summed E-state index contributed by atoms with van der Waals surface area (Å²) in [5.74, 6) is 0.451. The molecule has 0 aliphatic heterocycles. The lowest BCUT2D eigenvalue weighted by atomic mass is 10.1. The molecule has 0 radical (unpaired) electrons. The summed E-state index contributed by atoms with van der Waals surface area (Å²) >= 11 is 0. The molecule has 0 bridgehead atoms. The predicted molar refractivity (Wildman–Crippen MR) is 76.5 cm³/mol. The van der Waals surface area contributed by atoms with Gasteiger partial charge in [0, 0.05) is 37.8 Å². The fraction of sp³-hybridized carbons (Fsp3) is 0.571. The minimum atomic E-state index is -0.835. The van der Waals surface area contributed by atoms with Crippen LogP contribution < -0.4 is 4.74 Å². The number of aliphatic hydroxyl groups is 1. The Balaban J connectivity index is 2.49. The third-order valence-corrected chi connectivity index (χ3v) is 2.78. The van der Waals surface area contributed by atoms with Crippen LogP contribution in [-0.2, 0) is 9.47 Å². The molecule has 1 aromatic carbocycles. The predicted octanol–water partition coefficient (Wildman–Crippen LogP) is 2.08. The number of benzene rings is 1. The van der Waals surface area contributed by atoms with E-state index in [0.29, 0.717) is 44.2 Å². The second-order valence-electron chi connectivity index (χ2n) is 4.46. The van der Waals surface area contributed by atoms with Gasteiger partial charge >= 0.3 is 0 Å². The van der Waals surface area contributed by atoms with E-state index in [1.807, 2.05) is 0 Å². The van der Waals surface area contributed by atoms with E-state index in [9.17, 15) is 15.2 Å². The van der Waals surface area contributed by atoms with Gasteiger partial charge in [0.15, 0.2) is 0 Å². The SMILES string of the molecule is COCCOCCCOc1ccc([N+](=O)[O-])cc1[C@H](C)O. The standard InChI is InChI=1S/C14H21NO6/c1-11(16)13-10-12(15(17)18)4-5-14(13)21-7-3-6-20-9-8-19-2/h4-5,10-11,16H,3,6-9H2,1-2H3/t11-/m0/s1. The van der Waals surface area contributed by atoms with Crippen LogP contribution in [-0.4, -0.2) is 43.6 Å². The minimum absolute atomic E-state index is 0.0684. The van der Waals surface area contributed by atoms with E-state index in [1.54, 1.807) is 14.0 Å². The number of rotatable bonds is 10. The molecule has 0 aromatic heterocycles. The topological polar surface area (TPSA) is 91.1 Å². The van der Waals surface area contributed by atoms with Crippen molar-refractivity contribution in [3.05, 3.63) is 33.9 Å². The smallest absolute Gasteiger partial charge is 0.270 e. The van der Waals surface area contributed by atoms with Crippen molar-refractivity contribution in [1.82, 2.24) is 0 Å². The molecule has 0 saturated carbocycles. The molecule has 21 heavy (non-hydrogen) atoms. The minimum Gasteiger partial charge on any atom is -0.493 e. The zero-order valence-electron chi connectivity index (χ0n) is 12.3. The molecule has 0 aliphatic rings. The molecule has 1 N–H and O–H groups in total. The van der Waals surface area contributed by atoms with Crippen molar-refractivity contribution >= 4 is 5.69 Å². The molecular formula is C14H21NO6. The third-order valence-electron chi connectivity index (χ3n) is 2.78. The number of nitrogens with zero attached hydrogens (tertiary/aromatic N) is 1. The third kappa shape index (κ3) is 6.07. The van der Waals surface area contributed by atoms with Gasteiger partial charge in [-0.25, -0.2) is 0 Å². The lowest BCUT2D eigenvalue weighted by molar-refractivity contribution is -0.385. The zero-order valence-corrected chi connectivity index (χ0v) is 12.3. The lowest BCUT2D eigenvalue weighted by Gasteiger charge is -2.13. The summed E-state index contributed by atoms with van der Waals surface area (Å²) in [6, 6.07) is 4.19. The van der Waals surface area contributed by atoms with Crippen molar-refractivity contribution in [2.75, 3.05) is 33.5 Å². The van der Waals surface area contributed by atoms with Crippen molar-refractivity contribution in [3.8, 4) is 5.75 Å². The van der Waals surface area contributed by atoms with Crippen LogP contribution in [0.2, 0.25) is 0 Å². The normalized spacial score (nSPS) is 12.1. The molecule has 0 heterocycles. The highest BCUT2D eigenvalue weighted by Crippen LogP contribution is 2.29. The van der Waals surface area contributed by atoms with Crippen LogP contribution >= 0.6 is 0 Å². The number of nitro groups is 1. The Morgan fingerprint density at radius 1 is 1.29 bits per heavy atom. The summed E-state index contributed by atoms with van der Waals surface area (Å²) in [7, 11) is 1.61. The van der Waals surface area contributed by atoms with Crippen molar-refractivity contribution < 1.29 is 24.2 Å². The number of nitro benzene ring substituents is 1. The summed E-state index contributed by atoms with van der Waals surface area (Å²) in [6.45, 7) is 3.58. The van der Waals surface area contributed by atoms with Crippen LogP contribution in [0.4, 0.5) is 5.69 Å². The molecule has 1 atom stereocenters. The number of methoxy groups -OCH3 is 1. The van der Waals surface area contributed by atoms with Gasteiger partial charge in [-0.1, -0.05) is 0 Å².